The molecular formula is C20H36N4O3. The molecule has 2 bridgehead atoms. The van der Waals surface area contributed by atoms with Crippen LogP contribution in [0.5, 0.6) is 0 Å². The third-order valence-corrected chi connectivity index (χ3v) is 5.54. The Balaban J connectivity index is 1.58. The van der Waals surface area contributed by atoms with E-state index < -0.39 is 5.60 Å². The fourth-order valence-electron chi connectivity index (χ4n) is 4.23. The van der Waals surface area contributed by atoms with Crippen LogP contribution in [-0.4, -0.2) is 67.0 Å². The van der Waals surface area contributed by atoms with Gasteiger partial charge in [-0.05, 0) is 53.4 Å². The molecule has 2 unspecified atom stereocenters. The van der Waals surface area contributed by atoms with Gasteiger partial charge >= 0.3 is 6.09 Å². The number of ether oxygens (including phenoxy) is 2. The average molecular weight is 381 g/mol. The summed E-state index contributed by atoms with van der Waals surface area (Å²) in [4.78, 5) is 19.4. The molecular weight excluding hydrogens is 344 g/mol. The number of hydrogen-bond acceptors (Lipinski definition) is 4. The molecule has 7 nitrogen and oxygen atoms in total. The predicted molar refractivity (Wildman–Crippen MR) is 106 cm³/mol. The molecule has 0 radical (unpaired) electrons. The summed E-state index contributed by atoms with van der Waals surface area (Å²) in [7, 11) is 0. The van der Waals surface area contributed by atoms with Crippen molar-refractivity contribution < 1.29 is 14.3 Å². The summed E-state index contributed by atoms with van der Waals surface area (Å²) < 4.78 is 11.0. The highest BCUT2D eigenvalue weighted by Crippen LogP contribution is 2.36. The molecule has 3 saturated heterocycles. The molecule has 3 fully saturated rings. The normalized spacial score (nSPS) is 29.9. The van der Waals surface area contributed by atoms with Crippen molar-refractivity contribution in [3.63, 3.8) is 0 Å². The van der Waals surface area contributed by atoms with E-state index in [-0.39, 0.29) is 23.6 Å². The summed E-state index contributed by atoms with van der Waals surface area (Å²) in [6.07, 6.45) is 3.85. The van der Waals surface area contributed by atoms with Crippen molar-refractivity contribution in [1.82, 2.24) is 15.5 Å². The van der Waals surface area contributed by atoms with Crippen LogP contribution in [0.25, 0.3) is 0 Å². The molecule has 154 valence electrons. The van der Waals surface area contributed by atoms with Crippen molar-refractivity contribution in [3.8, 4) is 0 Å². The van der Waals surface area contributed by atoms with E-state index in [1.54, 1.807) is 0 Å². The molecule has 0 saturated carbocycles. The van der Waals surface area contributed by atoms with Crippen molar-refractivity contribution >= 4 is 12.1 Å². The lowest BCUT2D eigenvalue weighted by atomic mass is 9.89. The summed E-state index contributed by atoms with van der Waals surface area (Å²) in [6.45, 7) is 13.2. The number of piperidine rings is 1. The summed E-state index contributed by atoms with van der Waals surface area (Å²) in [5.41, 5.74) is -0.278. The second-order valence-corrected chi connectivity index (χ2v) is 9.58. The number of aliphatic imine (C=N–C) groups is 1. The van der Waals surface area contributed by atoms with Crippen molar-refractivity contribution in [1.29, 1.82) is 0 Å². The molecule has 0 aromatic carbocycles. The third kappa shape index (κ3) is 5.06. The van der Waals surface area contributed by atoms with Crippen molar-refractivity contribution in [2.45, 2.75) is 84.0 Å². The Morgan fingerprint density at radius 2 is 1.89 bits per heavy atom. The lowest BCUT2D eigenvalue weighted by molar-refractivity contribution is -0.0945. The lowest BCUT2D eigenvalue weighted by Gasteiger charge is -2.40. The minimum Gasteiger partial charge on any atom is -0.444 e. The van der Waals surface area contributed by atoms with Gasteiger partial charge in [-0.2, -0.15) is 0 Å². The van der Waals surface area contributed by atoms with Crippen molar-refractivity contribution in [2.75, 3.05) is 26.3 Å². The van der Waals surface area contributed by atoms with E-state index in [1.807, 2.05) is 25.7 Å². The molecule has 2 atom stereocenters. The fourth-order valence-corrected chi connectivity index (χ4v) is 4.23. The smallest absolute Gasteiger partial charge is 0.410 e. The van der Waals surface area contributed by atoms with Gasteiger partial charge in [0.1, 0.15) is 5.60 Å². The standard InChI is InChI=1S/C20H36N4O3/c1-6-21-17(22-11-20(5)12-26-13-20)23-14-9-15-7-8-16(10-14)24(15)18(25)27-19(2,3)4/h14-16H,6-13H2,1-5H3,(H2,21,22,23). The van der Waals surface area contributed by atoms with Crippen molar-refractivity contribution in [3.05, 3.63) is 0 Å². The third-order valence-electron chi connectivity index (χ3n) is 5.54. The van der Waals surface area contributed by atoms with Crippen LogP contribution in [0.1, 0.15) is 60.3 Å². The van der Waals surface area contributed by atoms with Crippen LogP contribution < -0.4 is 10.6 Å². The quantitative estimate of drug-likeness (QED) is 0.579. The highest BCUT2D eigenvalue weighted by atomic mass is 16.6. The first-order valence-corrected chi connectivity index (χ1v) is 10.3. The first-order chi connectivity index (χ1) is 12.7. The van der Waals surface area contributed by atoms with Gasteiger partial charge in [-0.1, -0.05) is 6.92 Å². The number of hydrogen-bond donors (Lipinski definition) is 2. The van der Waals surface area contributed by atoms with E-state index in [0.29, 0.717) is 6.04 Å². The average Bonchev–Trinajstić information content (AvgIpc) is 2.81. The van der Waals surface area contributed by atoms with Gasteiger partial charge in [-0.3, -0.25) is 4.99 Å². The molecule has 0 aromatic rings. The van der Waals surface area contributed by atoms with Gasteiger partial charge < -0.3 is 25.0 Å². The first-order valence-electron chi connectivity index (χ1n) is 10.3. The number of guanidine groups is 1. The Bertz CT molecular complexity index is 554. The number of nitrogens with zero attached hydrogens (tertiary/aromatic N) is 2. The van der Waals surface area contributed by atoms with Crippen LogP contribution in [0.3, 0.4) is 0 Å². The number of carbonyl (C=O) groups is 1. The number of fused-ring (bicyclic) bond motifs is 2. The molecule has 1 amide bonds. The zero-order valence-corrected chi connectivity index (χ0v) is 17.5. The van der Waals surface area contributed by atoms with Gasteiger partial charge in [0.05, 0.1) is 19.8 Å². The lowest BCUT2D eigenvalue weighted by Crippen LogP contribution is -2.55. The maximum absolute atomic E-state index is 12.6. The van der Waals surface area contributed by atoms with Crippen LogP contribution in [0.15, 0.2) is 4.99 Å². The topological polar surface area (TPSA) is 75.2 Å². The van der Waals surface area contributed by atoms with Gasteiger partial charge in [0.15, 0.2) is 5.96 Å². The van der Waals surface area contributed by atoms with Gasteiger partial charge in [0, 0.05) is 30.1 Å². The number of carbonyl (C=O) groups excluding carboxylic acids is 1. The van der Waals surface area contributed by atoms with Gasteiger partial charge in [0.2, 0.25) is 0 Å². The van der Waals surface area contributed by atoms with Crippen LogP contribution in [0, 0.1) is 5.41 Å². The molecule has 27 heavy (non-hydrogen) atoms. The molecule has 3 heterocycles. The van der Waals surface area contributed by atoms with E-state index >= 15 is 0 Å². The molecule has 3 aliphatic heterocycles. The van der Waals surface area contributed by atoms with Crippen LogP contribution >= 0.6 is 0 Å². The van der Waals surface area contributed by atoms with Crippen LogP contribution in [0.4, 0.5) is 4.79 Å². The molecule has 3 rings (SSSR count). The second-order valence-electron chi connectivity index (χ2n) is 9.58. The number of nitrogens with one attached hydrogen (secondary N) is 2. The maximum Gasteiger partial charge on any atom is 0.410 e. The Hall–Kier alpha value is -1.50. The van der Waals surface area contributed by atoms with Gasteiger partial charge in [-0.25, -0.2) is 4.79 Å². The largest absolute Gasteiger partial charge is 0.444 e. The number of rotatable bonds is 4. The van der Waals surface area contributed by atoms with Crippen LogP contribution in [0.2, 0.25) is 0 Å². The molecule has 7 heteroatoms. The molecule has 3 aliphatic rings. The minimum atomic E-state index is -0.447. The van der Waals surface area contributed by atoms with E-state index in [0.717, 1.165) is 57.9 Å². The van der Waals surface area contributed by atoms with Crippen LogP contribution in [-0.2, 0) is 9.47 Å². The Morgan fingerprint density at radius 1 is 1.26 bits per heavy atom. The highest BCUT2D eigenvalue weighted by molar-refractivity contribution is 5.80. The van der Waals surface area contributed by atoms with E-state index in [9.17, 15) is 4.79 Å². The molecule has 2 N–H and O–H groups in total. The van der Waals surface area contributed by atoms with Gasteiger partial charge in [-0.15, -0.1) is 0 Å². The second kappa shape index (κ2) is 7.86. The van der Waals surface area contributed by atoms with E-state index in [1.165, 1.54) is 0 Å². The Morgan fingerprint density at radius 3 is 2.37 bits per heavy atom. The zero-order chi connectivity index (χ0) is 19.7. The monoisotopic (exact) mass is 380 g/mol. The predicted octanol–water partition coefficient (Wildman–Crippen LogP) is 2.51. The summed E-state index contributed by atoms with van der Waals surface area (Å²) in [5, 5.41) is 6.96. The Kier molecular flexibility index (Phi) is 5.89. The maximum atomic E-state index is 12.6. The fraction of sp³-hybridized carbons (Fsp3) is 0.900. The number of amides is 1. The first kappa shape index (κ1) is 20.2. The molecule has 0 spiro atoms. The summed E-state index contributed by atoms with van der Waals surface area (Å²) in [6, 6.07) is 0.859. The highest BCUT2D eigenvalue weighted by Gasteiger charge is 2.45. The van der Waals surface area contributed by atoms with E-state index in [2.05, 4.69) is 24.5 Å². The van der Waals surface area contributed by atoms with E-state index in [4.69, 9.17) is 14.5 Å². The SMILES string of the molecule is CCNC(=NCC1(C)COC1)NC1CC2CCC(C1)N2C(=O)OC(C)(C)C. The Labute approximate surface area is 163 Å². The summed E-state index contributed by atoms with van der Waals surface area (Å²) in [5.74, 6) is 0.876. The van der Waals surface area contributed by atoms with Crippen molar-refractivity contribution in [2.24, 2.45) is 10.4 Å². The molecule has 0 aliphatic carbocycles. The zero-order valence-electron chi connectivity index (χ0n) is 17.5. The van der Waals surface area contributed by atoms with Gasteiger partial charge in [0.25, 0.3) is 0 Å². The summed E-state index contributed by atoms with van der Waals surface area (Å²) >= 11 is 0. The molecule has 0 aromatic heterocycles. The minimum absolute atomic E-state index is 0.160.